The van der Waals surface area contributed by atoms with Gasteiger partial charge in [-0.25, -0.2) is 0 Å². The molecule has 1 aromatic rings. The average Bonchev–Trinajstić information content (AvgIpc) is 2.40. The molecule has 1 aliphatic rings. The first-order valence-corrected chi connectivity index (χ1v) is 7.38. The molecule has 19 heavy (non-hydrogen) atoms. The van der Waals surface area contributed by atoms with Gasteiger partial charge in [0, 0.05) is 11.1 Å². The number of carbonyl (C=O) groups excluding carboxylic acids is 1. The fourth-order valence-corrected chi connectivity index (χ4v) is 3.00. The normalized spacial score (nSPS) is 27.3. The van der Waals surface area contributed by atoms with Gasteiger partial charge < -0.3 is 5.32 Å². The van der Waals surface area contributed by atoms with E-state index in [1.807, 2.05) is 30.3 Å². The van der Waals surface area contributed by atoms with E-state index in [0.29, 0.717) is 0 Å². The van der Waals surface area contributed by atoms with Gasteiger partial charge in [0.1, 0.15) is 0 Å². The molecule has 0 atom stereocenters. The van der Waals surface area contributed by atoms with Gasteiger partial charge in [0.2, 0.25) is 0 Å². The highest BCUT2D eigenvalue weighted by Gasteiger charge is 2.33. The summed E-state index contributed by atoms with van der Waals surface area (Å²) in [6.45, 7) is 6.79. The number of rotatable bonds is 3. The second-order valence-corrected chi connectivity index (χ2v) is 6.46. The van der Waals surface area contributed by atoms with Crippen LogP contribution in [-0.2, 0) is 0 Å². The van der Waals surface area contributed by atoms with Gasteiger partial charge >= 0.3 is 0 Å². The third kappa shape index (κ3) is 3.59. The topological polar surface area (TPSA) is 29.1 Å². The van der Waals surface area contributed by atoms with Crippen molar-refractivity contribution in [3.63, 3.8) is 0 Å². The van der Waals surface area contributed by atoms with Crippen molar-refractivity contribution >= 4 is 5.91 Å². The molecule has 1 amide bonds. The summed E-state index contributed by atoms with van der Waals surface area (Å²) in [5, 5.41) is 3.23. The van der Waals surface area contributed by atoms with Crippen molar-refractivity contribution in [3.8, 4) is 0 Å². The van der Waals surface area contributed by atoms with Crippen molar-refractivity contribution in [1.82, 2.24) is 5.32 Å². The van der Waals surface area contributed by atoms with E-state index in [1.165, 1.54) is 12.8 Å². The van der Waals surface area contributed by atoms with E-state index in [9.17, 15) is 4.79 Å². The minimum atomic E-state index is -0.0294. The maximum atomic E-state index is 12.2. The molecule has 2 nitrogen and oxygen atoms in total. The Bertz CT molecular complexity index is 416. The number of carbonyl (C=O) groups is 1. The van der Waals surface area contributed by atoms with Gasteiger partial charge in [0.25, 0.3) is 5.91 Å². The Morgan fingerprint density at radius 3 is 2.32 bits per heavy atom. The van der Waals surface area contributed by atoms with E-state index in [4.69, 9.17) is 0 Å². The van der Waals surface area contributed by atoms with Crippen molar-refractivity contribution in [2.24, 2.45) is 11.8 Å². The summed E-state index contributed by atoms with van der Waals surface area (Å²) in [4.78, 5) is 12.2. The first kappa shape index (κ1) is 14.1. The predicted molar refractivity (Wildman–Crippen MR) is 79.1 cm³/mol. The van der Waals surface area contributed by atoms with Crippen LogP contribution in [0.2, 0.25) is 0 Å². The van der Waals surface area contributed by atoms with Gasteiger partial charge in [-0.05, 0) is 56.6 Å². The number of nitrogens with one attached hydrogen (secondary N) is 1. The van der Waals surface area contributed by atoms with Crippen LogP contribution in [0.1, 0.15) is 56.8 Å². The zero-order chi connectivity index (χ0) is 13.9. The lowest BCUT2D eigenvalue weighted by Crippen LogP contribution is -2.48. The Morgan fingerprint density at radius 1 is 1.21 bits per heavy atom. The maximum Gasteiger partial charge on any atom is 0.251 e. The van der Waals surface area contributed by atoms with Crippen LogP contribution in [0, 0.1) is 11.8 Å². The SMILES string of the molecule is CC(C)C1CCC(C)(NC(=O)c2ccccc2)CC1. The molecule has 1 aromatic carbocycles. The fraction of sp³-hybridized carbons (Fsp3) is 0.588. The molecular formula is C17H25NO. The van der Waals surface area contributed by atoms with Crippen LogP contribution >= 0.6 is 0 Å². The number of hydrogen-bond acceptors (Lipinski definition) is 1. The lowest BCUT2D eigenvalue weighted by atomic mass is 9.73. The molecule has 2 rings (SSSR count). The molecular weight excluding hydrogens is 234 g/mol. The molecule has 1 aliphatic carbocycles. The van der Waals surface area contributed by atoms with E-state index in [0.717, 1.165) is 30.2 Å². The Morgan fingerprint density at radius 2 is 1.79 bits per heavy atom. The highest BCUT2D eigenvalue weighted by atomic mass is 16.1. The molecule has 0 spiro atoms. The van der Waals surface area contributed by atoms with Crippen molar-refractivity contribution in [2.75, 3.05) is 0 Å². The third-order valence-electron chi connectivity index (χ3n) is 4.53. The molecule has 0 unspecified atom stereocenters. The minimum absolute atomic E-state index is 0.0294. The average molecular weight is 259 g/mol. The van der Waals surface area contributed by atoms with Gasteiger partial charge in [0.15, 0.2) is 0 Å². The Labute approximate surface area is 116 Å². The summed E-state index contributed by atoms with van der Waals surface area (Å²) in [5.74, 6) is 1.64. The van der Waals surface area contributed by atoms with Crippen LogP contribution in [0.3, 0.4) is 0 Å². The monoisotopic (exact) mass is 259 g/mol. The molecule has 2 heteroatoms. The lowest BCUT2D eigenvalue weighted by molar-refractivity contribution is 0.0854. The number of hydrogen-bond donors (Lipinski definition) is 1. The number of benzene rings is 1. The van der Waals surface area contributed by atoms with Crippen molar-refractivity contribution in [2.45, 2.75) is 52.0 Å². The summed E-state index contributed by atoms with van der Waals surface area (Å²) in [7, 11) is 0. The van der Waals surface area contributed by atoms with Crippen LogP contribution in [0.25, 0.3) is 0 Å². The second-order valence-electron chi connectivity index (χ2n) is 6.46. The van der Waals surface area contributed by atoms with Crippen molar-refractivity contribution in [1.29, 1.82) is 0 Å². The lowest BCUT2D eigenvalue weighted by Gasteiger charge is -2.39. The summed E-state index contributed by atoms with van der Waals surface area (Å²) in [5.41, 5.74) is 0.730. The zero-order valence-corrected chi connectivity index (χ0v) is 12.3. The fourth-order valence-electron chi connectivity index (χ4n) is 3.00. The summed E-state index contributed by atoms with van der Waals surface area (Å²) in [6.07, 6.45) is 4.63. The van der Waals surface area contributed by atoms with Gasteiger partial charge in [-0.1, -0.05) is 32.0 Å². The summed E-state index contributed by atoms with van der Waals surface area (Å²) < 4.78 is 0. The molecule has 1 N–H and O–H groups in total. The van der Waals surface area contributed by atoms with Crippen LogP contribution < -0.4 is 5.32 Å². The minimum Gasteiger partial charge on any atom is -0.347 e. The Hall–Kier alpha value is -1.31. The standard InChI is InChI=1S/C17H25NO/c1-13(2)14-9-11-17(3,12-10-14)18-16(19)15-7-5-4-6-8-15/h4-8,13-14H,9-12H2,1-3H3,(H,18,19). The third-order valence-corrected chi connectivity index (χ3v) is 4.53. The molecule has 0 bridgehead atoms. The molecule has 0 heterocycles. The van der Waals surface area contributed by atoms with Crippen molar-refractivity contribution < 1.29 is 4.79 Å². The Balaban J connectivity index is 1.94. The van der Waals surface area contributed by atoms with E-state index in [2.05, 4.69) is 26.1 Å². The molecule has 1 saturated carbocycles. The smallest absolute Gasteiger partial charge is 0.251 e. The first-order chi connectivity index (χ1) is 9.00. The van der Waals surface area contributed by atoms with Crippen molar-refractivity contribution in [3.05, 3.63) is 35.9 Å². The largest absolute Gasteiger partial charge is 0.347 e. The molecule has 0 radical (unpaired) electrons. The highest BCUT2D eigenvalue weighted by Crippen LogP contribution is 2.35. The maximum absolute atomic E-state index is 12.2. The molecule has 0 saturated heterocycles. The number of amides is 1. The summed E-state index contributed by atoms with van der Waals surface area (Å²) >= 11 is 0. The van der Waals surface area contributed by atoms with E-state index in [1.54, 1.807) is 0 Å². The molecule has 1 fully saturated rings. The van der Waals surface area contributed by atoms with Gasteiger partial charge in [-0.3, -0.25) is 4.79 Å². The molecule has 0 aliphatic heterocycles. The van der Waals surface area contributed by atoms with Crippen LogP contribution in [0.5, 0.6) is 0 Å². The summed E-state index contributed by atoms with van der Waals surface area (Å²) in [6, 6.07) is 9.50. The predicted octanol–water partition coefficient (Wildman–Crippen LogP) is 4.02. The molecule has 0 aromatic heterocycles. The second kappa shape index (κ2) is 5.77. The van der Waals surface area contributed by atoms with Crippen LogP contribution in [-0.4, -0.2) is 11.4 Å². The van der Waals surface area contributed by atoms with Gasteiger partial charge in [-0.15, -0.1) is 0 Å². The quantitative estimate of drug-likeness (QED) is 0.872. The molecule has 104 valence electrons. The van der Waals surface area contributed by atoms with Gasteiger partial charge in [0.05, 0.1) is 0 Å². The first-order valence-electron chi connectivity index (χ1n) is 7.38. The van der Waals surface area contributed by atoms with E-state index in [-0.39, 0.29) is 11.4 Å². The van der Waals surface area contributed by atoms with Crippen LogP contribution in [0.4, 0.5) is 0 Å². The van der Waals surface area contributed by atoms with E-state index >= 15 is 0 Å². The zero-order valence-electron chi connectivity index (χ0n) is 12.3. The van der Waals surface area contributed by atoms with E-state index < -0.39 is 0 Å². The Kier molecular flexibility index (Phi) is 4.28. The van der Waals surface area contributed by atoms with Gasteiger partial charge in [-0.2, -0.15) is 0 Å². The van der Waals surface area contributed by atoms with Crippen LogP contribution in [0.15, 0.2) is 30.3 Å². The highest BCUT2D eigenvalue weighted by molar-refractivity contribution is 5.94.